The first-order chi connectivity index (χ1) is 16.6. The first-order valence-corrected chi connectivity index (χ1v) is 9.56. The molecule has 0 unspecified atom stereocenters. The van der Waals surface area contributed by atoms with Crippen molar-refractivity contribution in [2.24, 2.45) is 0 Å². The van der Waals surface area contributed by atoms with Crippen LogP contribution in [0.2, 0.25) is 0 Å². The molecule has 0 aliphatic heterocycles. The molecule has 0 spiro atoms. The van der Waals surface area contributed by atoms with Gasteiger partial charge in [0.1, 0.15) is 23.5 Å². The zero-order valence-electron chi connectivity index (χ0n) is 17.6. The maximum Gasteiger partial charge on any atom is 0.434 e. The summed E-state index contributed by atoms with van der Waals surface area (Å²) in [5, 5.41) is 32.2. The number of anilines is 2. The Bertz CT molecular complexity index is 1530. The summed E-state index contributed by atoms with van der Waals surface area (Å²) >= 11 is 0. The Hall–Kier alpha value is -5.31. The summed E-state index contributed by atoms with van der Waals surface area (Å²) in [6.45, 7) is 1.49. The fraction of sp³-hybridized carbons (Fsp3) is 0.100. The number of nitrogens with one attached hydrogen (secondary N) is 1. The van der Waals surface area contributed by atoms with Crippen molar-refractivity contribution in [2.45, 2.75) is 13.1 Å². The molecule has 4 aromatic heterocycles. The normalized spacial score (nSPS) is 11.0. The highest BCUT2D eigenvalue weighted by molar-refractivity contribution is 6.05. The average molecular weight is 479 g/mol. The molecule has 0 saturated carbocycles. The molecule has 12 nitrogen and oxygen atoms in total. The van der Waals surface area contributed by atoms with E-state index in [4.69, 9.17) is 11.0 Å². The molecule has 0 saturated heterocycles. The monoisotopic (exact) mass is 479 g/mol. The minimum absolute atomic E-state index is 0.00377. The Balaban J connectivity index is 1.74. The molecule has 0 aromatic carbocycles. The minimum atomic E-state index is -5.01. The van der Waals surface area contributed by atoms with E-state index < -0.39 is 23.3 Å². The number of aromatic nitrogens is 7. The summed E-state index contributed by atoms with van der Waals surface area (Å²) in [4.78, 5) is 21.9. The van der Waals surface area contributed by atoms with Crippen molar-refractivity contribution in [3.05, 3.63) is 64.9 Å². The number of amides is 1. The third-order valence-corrected chi connectivity index (χ3v) is 4.70. The van der Waals surface area contributed by atoms with E-state index in [-0.39, 0.29) is 40.0 Å². The minimum Gasteiger partial charge on any atom is -0.383 e. The summed E-state index contributed by atoms with van der Waals surface area (Å²) in [5.74, 6) is -1.70. The first-order valence-electron chi connectivity index (χ1n) is 9.56. The number of pyridine rings is 2. The molecule has 0 aliphatic rings. The molecule has 1 amide bonds. The van der Waals surface area contributed by atoms with Gasteiger partial charge in [-0.15, -0.1) is 4.80 Å². The maximum absolute atomic E-state index is 14.0. The molecule has 4 rings (SSSR count). The standard InChI is InChI=1S/C20H12F3N11O/c1-10-14(6-12(8-25)18(30-10)34-27-4-5-28-34)31-19(35)13-9-29-33(16(13)20(21,22)23)15-3-2-11(7-24)17(26)32-15/h2-6,9H,1H3,(H2,26,32)(H,31,35). The van der Waals surface area contributed by atoms with Gasteiger partial charge in [-0.1, -0.05) is 0 Å². The summed E-state index contributed by atoms with van der Waals surface area (Å²) < 4.78 is 42.3. The molecule has 4 aromatic rings. The number of nitrogen functional groups attached to an aromatic ring is 1. The summed E-state index contributed by atoms with van der Waals surface area (Å²) in [5.41, 5.74) is 3.55. The first kappa shape index (κ1) is 22.9. The van der Waals surface area contributed by atoms with Gasteiger partial charge in [0.25, 0.3) is 5.91 Å². The topological polar surface area (TPSA) is 177 Å². The average Bonchev–Trinajstić information content (AvgIpc) is 3.50. The Morgan fingerprint density at radius 2 is 1.77 bits per heavy atom. The number of nitrogens with two attached hydrogens (primary N) is 1. The lowest BCUT2D eigenvalue weighted by Crippen LogP contribution is -2.22. The van der Waals surface area contributed by atoms with E-state index in [1.54, 1.807) is 6.07 Å². The van der Waals surface area contributed by atoms with Crippen molar-refractivity contribution in [2.75, 3.05) is 11.1 Å². The quantitative estimate of drug-likeness (QED) is 0.444. The molecule has 0 fully saturated rings. The summed E-state index contributed by atoms with van der Waals surface area (Å²) in [6.07, 6.45) is -1.53. The van der Waals surface area contributed by atoms with Crippen LogP contribution in [0.15, 0.2) is 36.8 Å². The van der Waals surface area contributed by atoms with Gasteiger partial charge in [0.2, 0.25) is 0 Å². The highest BCUT2D eigenvalue weighted by Gasteiger charge is 2.41. The lowest BCUT2D eigenvalue weighted by molar-refractivity contribution is -0.143. The van der Waals surface area contributed by atoms with Gasteiger partial charge in [-0.2, -0.15) is 39.0 Å². The van der Waals surface area contributed by atoms with Gasteiger partial charge in [0, 0.05) is 0 Å². The van der Waals surface area contributed by atoms with Crippen LogP contribution in [0, 0.1) is 29.6 Å². The van der Waals surface area contributed by atoms with Gasteiger partial charge in [0.05, 0.1) is 41.1 Å². The van der Waals surface area contributed by atoms with Crippen LogP contribution in [-0.2, 0) is 6.18 Å². The van der Waals surface area contributed by atoms with E-state index in [1.165, 1.54) is 31.5 Å². The Labute approximate surface area is 194 Å². The van der Waals surface area contributed by atoms with Crippen LogP contribution in [0.1, 0.15) is 32.9 Å². The van der Waals surface area contributed by atoms with Gasteiger partial charge in [-0.05, 0) is 25.1 Å². The van der Waals surface area contributed by atoms with Crippen LogP contribution in [0.5, 0.6) is 0 Å². The van der Waals surface area contributed by atoms with E-state index in [0.717, 1.165) is 17.1 Å². The smallest absolute Gasteiger partial charge is 0.383 e. The molecule has 0 aliphatic carbocycles. The highest BCUT2D eigenvalue weighted by atomic mass is 19.4. The number of rotatable bonds is 4. The van der Waals surface area contributed by atoms with Crippen LogP contribution in [0.3, 0.4) is 0 Å². The predicted molar refractivity (Wildman–Crippen MR) is 112 cm³/mol. The van der Waals surface area contributed by atoms with Gasteiger partial charge >= 0.3 is 6.18 Å². The molecule has 4 heterocycles. The molecular formula is C20H12F3N11O. The molecule has 174 valence electrons. The van der Waals surface area contributed by atoms with Crippen LogP contribution in [0.4, 0.5) is 24.7 Å². The second-order valence-corrected chi connectivity index (χ2v) is 6.91. The zero-order valence-corrected chi connectivity index (χ0v) is 17.6. The number of aryl methyl sites for hydroxylation is 1. The Morgan fingerprint density at radius 1 is 1.09 bits per heavy atom. The zero-order chi connectivity index (χ0) is 25.3. The van der Waals surface area contributed by atoms with E-state index >= 15 is 0 Å². The number of nitriles is 2. The molecule has 15 heteroatoms. The lowest BCUT2D eigenvalue weighted by atomic mass is 10.2. The number of carbonyl (C=O) groups excluding carboxylic acids is 1. The number of carbonyl (C=O) groups is 1. The largest absolute Gasteiger partial charge is 0.434 e. The van der Waals surface area contributed by atoms with Gasteiger partial charge in [-0.3, -0.25) is 4.79 Å². The predicted octanol–water partition coefficient (Wildman–Crippen LogP) is 2.15. The van der Waals surface area contributed by atoms with E-state index in [2.05, 4.69) is 30.6 Å². The van der Waals surface area contributed by atoms with Gasteiger partial charge < -0.3 is 11.1 Å². The van der Waals surface area contributed by atoms with Crippen molar-refractivity contribution >= 4 is 17.4 Å². The third-order valence-electron chi connectivity index (χ3n) is 4.70. The SMILES string of the molecule is Cc1nc(-n2nccn2)c(C#N)cc1NC(=O)c1cnn(-c2ccc(C#N)c(N)n2)c1C(F)(F)F. The number of hydrogen-bond donors (Lipinski definition) is 2. The Kier molecular flexibility index (Phi) is 5.59. The molecule has 0 atom stereocenters. The van der Waals surface area contributed by atoms with Crippen LogP contribution < -0.4 is 11.1 Å². The van der Waals surface area contributed by atoms with E-state index in [9.17, 15) is 23.2 Å². The van der Waals surface area contributed by atoms with Gasteiger partial charge in [-0.25, -0.2) is 14.6 Å². The summed E-state index contributed by atoms with van der Waals surface area (Å²) in [7, 11) is 0. The van der Waals surface area contributed by atoms with Gasteiger partial charge in [0.15, 0.2) is 17.3 Å². The number of nitrogens with zero attached hydrogens (tertiary/aromatic N) is 9. The van der Waals surface area contributed by atoms with Crippen molar-refractivity contribution in [3.8, 4) is 23.8 Å². The van der Waals surface area contributed by atoms with Crippen molar-refractivity contribution in [3.63, 3.8) is 0 Å². The number of hydrogen-bond acceptors (Lipinski definition) is 9. The molecule has 35 heavy (non-hydrogen) atoms. The maximum atomic E-state index is 14.0. The van der Waals surface area contributed by atoms with Crippen molar-refractivity contribution in [1.29, 1.82) is 10.5 Å². The third kappa shape index (κ3) is 4.21. The van der Waals surface area contributed by atoms with Crippen LogP contribution in [0.25, 0.3) is 11.6 Å². The molecule has 3 N–H and O–H groups in total. The highest BCUT2D eigenvalue weighted by Crippen LogP contribution is 2.34. The Morgan fingerprint density at radius 3 is 2.37 bits per heavy atom. The fourth-order valence-corrected chi connectivity index (χ4v) is 3.11. The second kappa shape index (κ2) is 8.56. The molecule has 0 bridgehead atoms. The van der Waals surface area contributed by atoms with Crippen molar-refractivity contribution in [1.82, 2.24) is 34.7 Å². The second-order valence-electron chi connectivity index (χ2n) is 6.91. The van der Waals surface area contributed by atoms with E-state index in [1.807, 2.05) is 6.07 Å². The van der Waals surface area contributed by atoms with E-state index in [0.29, 0.717) is 4.68 Å². The van der Waals surface area contributed by atoms with Crippen molar-refractivity contribution < 1.29 is 18.0 Å². The number of alkyl halides is 3. The van der Waals surface area contributed by atoms with Crippen LogP contribution in [-0.4, -0.2) is 40.6 Å². The molecular weight excluding hydrogens is 467 g/mol. The number of halogens is 3. The fourth-order valence-electron chi connectivity index (χ4n) is 3.11. The molecule has 0 radical (unpaired) electrons. The van der Waals surface area contributed by atoms with Crippen LogP contribution >= 0.6 is 0 Å². The summed E-state index contributed by atoms with van der Waals surface area (Å²) in [6, 6.07) is 7.20. The lowest BCUT2D eigenvalue weighted by Gasteiger charge is -2.14.